The fraction of sp³-hybridized carbons (Fsp3) is 0.0526. The second kappa shape index (κ2) is 6.52. The predicted molar refractivity (Wildman–Crippen MR) is 99.0 cm³/mol. The number of hydrogen-bond acceptors (Lipinski definition) is 3. The summed E-state index contributed by atoms with van der Waals surface area (Å²) in [6.45, 7) is 1.92. The Bertz CT molecular complexity index is 958. The largest absolute Gasteiger partial charge is 0.383 e. The van der Waals surface area contributed by atoms with Crippen molar-refractivity contribution in [3.05, 3.63) is 69.7 Å². The van der Waals surface area contributed by atoms with Gasteiger partial charge in [-0.3, -0.25) is 0 Å². The van der Waals surface area contributed by atoms with Gasteiger partial charge in [0.2, 0.25) is 0 Å². The molecule has 118 valence electrons. The van der Waals surface area contributed by atoms with Crippen molar-refractivity contribution >= 4 is 29.0 Å². The van der Waals surface area contributed by atoms with Crippen molar-refractivity contribution in [1.29, 1.82) is 5.26 Å². The zero-order valence-corrected chi connectivity index (χ0v) is 14.4. The fourth-order valence-corrected chi connectivity index (χ4v) is 3.02. The number of anilines is 1. The van der Waals surface area contributed by atoms with E-state index in [1.807, 2.05) is 37.3 Å². The molecule has 3 rings (SSSR count). The van der Waals surface area contributed by atoms with Crippen LogP contribution in [0.1, 0.15) is 11.1 Å². The number of hydrogen-bond donors (Lipinski definition) is 1. The Morgan fingerprint density at radius 2 is 1.71 bits per heavy atom. The quantitative estimate of drug-likeness (QED) is 0.662. The molecule has 1 heterocycles. The second-order valence-electron chi connectivity index (χ2n) is 5.35. The molecule has 0 amide bonds. The Morgan fingerprint density at radius 3 is 2.33 bits per heavy atom. The first kappa shape index (κ1) is 16.3. The number of nitriles is 1. The molecule has 2 N–H and O–H groups in total. The highest BCUT2D eigenvalue weighted by Crippen LogP contribution is 2.36. The summed E-state index contributed by atoms with van der Waals surface area (Å²) in [6.07, 6.45) is 0. The molecule has 0 aliphatic rings. The Kier molecular flexibility index (Phi) is 4.44. The van der Waals surface area contributed by atoms with Crippen LogP contribution in [0.25, 0.3) is 22.4 Å². The lowest BCUT2D eigenvalue weighted by atomic mass is 9.93. The molecule has 0 fully saturated rings. The van der Waals surface area contributed by atoms with Crippen LogP contribution in [0.3, 0.4) is 0 Å². The third kappa shape index (κ3) is 2.94. The number of benzene rings is 2. The first-order valence-corrected chi connectivity index (χ1v) is 7.99. The van der Waals surface area contributed by atoms with Crippen LogP contribution in [0, 0.1) is 18.3 Å². The molecular weight excluding hydrogens is 341 g/mol. The Labute approximate surface area is 150 Å². The zero-order valence-electron chi connectivity index (χ0n) is 12.8. The molecule has 3 aromatic rings. The smallest absolute Gasteiger partial charge is 0.142 e. The average molecular weight is 354 g/mol. The molecule has 0 atom stereocenters. The summed E-state index contributed by atoms with van der Waals surface area (Å²) in [5.74, 6) is 0.197. The van der Waals surface area contributed by atoms with E-state index in [1.165, 1.54) is 0 Å². The summed E-state index contributed by atoms with van der Waals surface area (Å²) in [5, 5.41) is 10.8. The normalized spacial score (nSPS) is 10.4. The second-order valence-corrected chi connectivity index (χ2v) is 6.22. The van der Waals surface area contributed by atoms with Gasteiger partial charge in [0.1, 0.15) is 17.5 Å². The number of aromatic nitrogens is 1. The molecular formula is C19H13Cl2N3. The molecule has 0 unspecified atom stereocenters. The van der Waals surface area contributed by atoms with Crippen LogP contribution in [-0.2, 0) is 0 Å². The maximum Gasteiger partial charge on any atom is 0.142 e. The highest BCUT2D eigenvalue weighted by Gasteiger charge is 2.18. The van der Waals surface area contributed by atoms with Crippen molar-refractivity contribution in [3.63, 3.8) is 0 Å². The highest BCUT2D eigenvalue weighted by atomic mass is 35.5. The van der Waals surface area contributed by atoms with Gasteiger partial charge in [0.05, 0.1) is 5.69 Å². The summed E-state index contributed by atoms with van der Waals surface area (Å²) in [4.78, 5) is 4.43. The first-order chi connectivity index (χ1) is 11.5. The minimum atomic E-state index is 0.197. The maximum atomic E-state index is 9.53. The van der Waals surface area contributed by atoms with E-state index < -0.39 is 0 Å². The molecule has 0 saturated carbocycles. The van der Waals surface area contributed by atoms with Gasteiger partial charge in [-0.05, 0) is 42.3 Å². The Hall–Kier alpha value is -2.54. The molecule has 0 aliphatic heterocycles. The fourth-order valence-electron chi connectivity index (χ4n) is 2.70. The number of rotatable bonds is 2. The number of nitrogens with zero attached hydrogens (tertiary/aromatic N) is 2. The lowest BCUT2D eigenvalue weighted by Crippen LogP contribution is -2.03. The molecule has 0 aliphatic carbocycles. The van der Waals surface area contributed by atoms with Crippen molar-refractivity contribution in [2.45, 2.75) is 6.92 Å². The molecule has 2 aromatic carbocycles. The molecule has 24 heavy (non-hydrogen) atoms. The monoisotopic (exact) mass is 353 g/mol. The summed E-state index contributed by atoms with van der Waals surface area (Å²) in [6, 6.07) is 16.9. The van der Waals surface area contributed by atoms with Gasteiger partial charge in [-0.2, -0.15) is 5.26 Å². The summed E-state index contributed by atoms with van der Waals surface area (Å²) in [7, 11) is 0. The summed E-state index contributed by atoms with van der Waals surface area (Å²) < 4.78 is 0. The van der Waals surface area contributed by atoms with E-state index in [0.717, 1.165) is 22.3 Å². The predicted octanol–water partition coefficient (Wildman–Crippen LogP) is 5.48. The molecule has 5 heteroatoms. The number of pyridine rings is 1. The molecule has 1 aromatic heterocycles. The van der Waals surface area contributed by atoms with Crippen molar-refractivity contribution in [3.8, 4) is 28.5 Å². The first-order valence-electron chi connectivity index (χ1n) is 7.23. The highest BCUT2D eigenvalue weighted by molar-refractivity contribution is 6.31. The van der Waals surface area contributed by atoms with Gasteiger partial charge in [-0.25, -0.2) is 4.98 Å². The van der Waals surface area contributed by atoms with E-state index >= 15 is 0 Å². The lowest BCUT2D eigenvalue weighted by molar-refractivity contribution is 1.26. The third-order valence-electron chi connectivity index (χ3n) is 3.81. The Morgan fingerprint density at radius 1 is 1.00 bits per heavy atom. The van der Waals surface area contributed by atoms with Gasteiger partial charge in [0.15, 0.2) is 0 Å². The van der Waals surface area contributed by atoms with Crippen LogP contribution in [-0.4, -0.2) is 4.98 Å². The van der Waals surface area contributed by atoms with Gasteiger partial charge in [-0.1, -0.05) is 47.5 Å². The number of nitrogen functional groups attached to an aromatic ring is 1. The summed E-state index contributed by atoms with van der Waals surface area (Å²) >= 11 is 12.1. The molecule has 0 spiro atoms. The van der Waals surface area contributed by atoms with Crippen LogP contribution in [0.2, 0.25) is 10.0 Å². The molecule has 3 nitrogen and oxygen atoms in total. The van der Waals surface area contributed by atoms with Crippen LogP contribution >= 0.6 is 23.2 Å². The van der Waals surface area contributed by atoms with Crippen molar-refractivity contribution < 1.29 is 0 Å². The van der Waals surface area contributed by atoms with Gasteiger partial charge >= 0.3 is 0 Å². The van der Waals surface area contributed by atoms with Crippen LogP contribution < -0.4 is 5.73 Å². The van der Waals surface area contributed by atoms with Gasteiger partial charge in [0, 0.05) is 21.2 Å². The van der Waals surface area contributed by atoms with E-state index in [4.69, 9.17) is 28.9 Å². The zero-order chi connectivity index (χ0) is 17.3. The van der Waals surface area contributed by atoms with Crippen molar-refractivity contribution in [2.24, 2.45) is 0 Å². The Balaban J connectivity index is 2.32. The van der Waals surface area contributed by atoms with Crippen LogP contribution in [0.15, 0.2) is 48.5 Å². The number of halogens is 2. The molecule has 0 bridgehead atoms. The van der Waals surface area contributed by atoms with Crippen LogP contribution in [0.4, 0.5) is 5.82 Å². The minimum Gasteiger partial charge on any atom is -0.383 e. The average Bonchev–Trinajstić information content (AvgIpc) is 2.57. The van der Waals surface area contributed by atoms with E-state index in [1.54, 1.807) is 18.2 Å². The van der Waals surface area contributed by atoms with Crippen molar-refractivity contribution in [1.82, 2.24) is 4.98 Å². The van der Waals surface area contributed by atoms with E-state index in [0.29, 0.717) is 21.3 Å². The topological polar surface area (TPSA) is 62.7 Å². The van der Waals surface area contributed by atoms with E-state index in [9.17, 15) is 5.26 Å². The lowest BCUT2D eigenvalue weighted by Gasteiger charge is -2.15. The molecule has 0 saturated heterocycles. The number of nitrogens with two attached hydrogens (primary N) is 1. The van der Waals surface area contributed by atoms with Crippen LogP contribution in [0.5, 0.6) is 0 Å². The van der Waals surface area contributed by atoms with Gasteiger partial charge in [0.25, 0.3) is 0 Å². The maximum absolute atomic E-state index is 9.53. The van der Waals surface area contributed by atoms with E-state index in [2.05, 4.69) is 11.1 Å². The van der Waals surface area contributed by atoms with E-state index in [-0.39, 0.29) is 5.82 Å². The third-order valence-corrected chi connectivity index (χ3v) is 4.30. The summed E-state index contributed by atoms with van der Waals surface area (Å²) in [5.41, 5.74) is 10.5. The standard InChI is InChI=1S/C19H13Cl2N3/c1-11-17(12-5-7-14(20)8-6-12)16(10-22)19(23)24-18(11)13-3-2-4-15(21)9-13/h2-9H,1H3,(H2,23,24). The van der Waals surface area contributed by atoms with Gasteiger partial charge in [-0.15, -0.1) is 0 Å². The SMILES string of the molecule is Cc1c(-c2cccc(Cl)c2)nc(N)c(C#N)c1-c1ccc(Cl)cc1. The minimum absolute atomic E-state index is 0.197. The van der Waals surface area contributed by atoms with Gasteiger partial charge < -0.3 is 5.73 Å². The molecule has 0 radical (unpaired) electrons. The van der Waals surface area contributed by atoms with Crippen molar-refractivity contribution in [2.75, 3.05) is 5.73 Å².